The normalized spacial score (nSPS) is 29.3. The molecule has 20 heteroatoms. The number of rotatable bonds is 12. The summed E-state index contributed by atoms with van der Waals surface area (Å²) in [6, 6.07) is 16.9. The van der Waals surface area contributed by atoms with Gasteiger partial charge in [-0.05, 0) is 90.0 Å². The number of ether oxygens (including phenoxy) is 7. The van der Waals surface area contributed by atoms with Crippen molar-refractivity contribution in [1.82, 2.24) is 0 Å². The third kappa shape index (κ3) is 9.42. The summed E-state index contributed by atoms with van der Waals surface area (Å²) in [4.78, 5) is 26.8. The summed E-state index contributed by atoms with van der Waals surface area (Å²) in [7, 11) is 0. The van der Waals surface area contributed by atoms with E-state index in [1.165, 1.54) is 72.8 Å². The maximum atomic E-state index is 14.0. The van der Waals surface area contributed by atoms with E-state index in [4.69, 9.17) is 33.2 Å². The molecule has 4 aromatic rings. The quantitative estimate of drug-likeness (QED) is 0.0518. The van der Waals surface area contributed by atoms with Gasteiger partial charge in [-0.25, -0.2) is 4.79 Å². The van der Waals surface area contributed by atoms with Gasteiger partial charge in [0.1, 0.15) is 97.1 Å². The summed E-state index contributed by atoms with van der Waals surface area (Å²) in [6.07, 6.45) is -15.4. The van der Waals surface area contributed by atoms with Gasteiger partial charge >= 0.3 is 11.9 Å². The van der Waals surface area contributed by atoms with Crippen molar-refractivity contribution in [1.29, 1.82) is 0 Å². The molecule has 0 spiro atoms. The maximum absolute atomic E-state index is 14.0. The van der Waals surface area contributed by atoms with Crippen LogP contribution in [0.15, 0.2) is 84.9 Å². The molecule has 0 aliphatic carbocycles. The molecule has 20 nitrogen and oxygen atoms in total. The Labute approximate surface area is 350 Å². The number of carbonyl (C=O) groups is 2. The van der Waals surface area contributed by atoms with E-state index in [0.29, 0.717) is 0 Å². The molecule has 7 rings (SSSR count). The lowest BCUT2D eigenvalue weighted by atomic mass is 9.89. The van der Waals surface area contributed by atoms with Crippen molar-refractivity contribution in [3.05, 3.63) is 102 Å². The third-order valence-corrected chi connectivity index (χ3v) is 10.3. The first kappa shape index (κ1) is 43.7. The molecule has 330 valence electrons. The number of aromatic hydroxyl groups is 5. The number of carbonyl (C=O) groups excluding carboxylic acids is 2. The summed E-state index contributed by atoms with van der Waals surface area (Å²) in [5.41, 5.74) is 0.343. The molecule has 3 aliphatic heterocycles. The van der Waals surface area contributed by atoms with Crippen LogP contribution in [-0.4, -0.2) is 143 Å². The number of esters is 2. The van der Waals surface area contributed by atoms with Gasteiger partial charge in [0.15, 0.2) is 23.0 Å². The Morgan fingerprint density at radius 3 is 1.65 bits per heavy atom. The second-order valence-corrected chi connectivity index (χ2v) is 14.6. The zero-order valence-electron chi connectivity index (χ0n) is 32.1. The van der Waals surface area contributed by atoms with Gasteiger partial charge in [-0.3, -0.25) is 4.79 Å². The van der Waals surface area contributed by atoms with E-state index < -0.39 is 116 Å². The van der Waals surface area contributed by atoms with Gasteiger partial charge in [-0.2, -0.15) is 0 Å². The Balaban J connectivity index is 1.06. The fraction of sp³-hybridized carbons (Fsp3) is 0.333. The van der Waals surface area contributed by atoms with E-state index in [1.807, 2.05) is 0 Å². The minimum Gasteiger partial charge on any atom is -0.508 e. The minimum absolute atomic E-state index is 0.0423. The van der Waals surface area contributed by atoms with Crippen LogP contribution in [0.3, 0.4) is 0 Å². The van der Waals surface area contributed by atoms with Crippen LogP contribution in [0.4, 0.5) is 0 Å². The average molecular weight is 867 g/mol. The third-order valence-electron chi connectivity index (χ3n) is 10.3. The second-order valence-electron chi connectivity index (χ2n) is 14.6. The zero-order chi connectivity index (χ0) is 44.4. The highest BCUT2D eigenvalue weighted by Crippen LogP contribution is 2.52. The van der Waals surface area contributed by atoms with Crippen molar-refractivity contribution >= 4 is 18.0 Å². The van der Waals surface area contributed by atoms with Crippen LogP contribution in [0.5, 0.6) is 46.0 Å². The number of hydrogen-bond donors (Lipinski definition) is 11. The Hall–Kier alpha value is -6.36. The predicted octanol–water partition coefficient (Wildman–Crippen LogP) is 0.305. The zero-order valence-corrected chi connectivity index (χ0v) is 32.1. The molecule has 0 amide bonds. The summed E-state index contributed by atoms with van der Waals surface area (Å²) >= 11 is 0. The molecule has 2 fully saturated rings. The van der Waals surface area contributed by atoms with Crippen molar-refractivity contribution in [3.63, 3.8) is 0 Å². The van der Waals surface area contributed by atoms with E-state index in [0.717, 1.165) is 18.2 Å². The van der Waals surface area contributed by atoms with Crippen LogP contribution in [-0.2, 0) is 28.5 Å². The molecule has 62 heavy (non-hydrogen) atoms. The van der Waals surface area contributed by atoms with Crippen LogP contribution in [0.2, 0.25) is 0 Å². The predicted molar refractivity (Wildman–Crippen MR) is 206 cm³/mol. The SMILES string of the molecule is O=C(C=Cc1cc(O)c2c(c1)[C@H](C(=O)OC[C@H]1O[C@@H](Oc3ccc(O)cc3)[C@H](O)[C@@H](O)[C@@H]1O)[C@@H](c1ccc(O)c(O)c1)O2)OC[C@H]1O[C@@H](Oc2ccc(O)cc2)[C@H](O)[C@@H](O)[C@@H]1O. The largest absolute Gasteiger partial charge is 0.508 e. The van der Waals surface area contributed by atoms with Gasteiger partial charge in [0.25, 0.3) is 0 Å². The van der Waals surface area contributed by atoms with Crippen molar-refractivity contribution in [2.24, 2.45) is 0 Å². The fourth-order valence-electron chi connectivity index (χ4n) is 6.95. The van der Waals surface area contributed by atoms with E-state index >= 15 is 0 Å². The Bertz CT molecular complexity index is 2250. The number of aliphatic hydroxyl groups is 6. The van der Waals surface area contributed by atoms with Crippen LogP contribution < -0.4 is 14.2 Å². The van der Waals surface area contributed by atoms with Gasteiger partial charge in [-0.15, -0.1) is 0 Å². The Kier molecular flexibility index (Phi) is 12.9. The first-order chi connectivity index (χ1) is 29.6. The van der Waals surface area contributed by atoms with Gasteiger partial charge in [-0.1, -0.05) is 6.07 Å². The topological polar surface area (TPSA) is 321 Å². The standard InChI is InChI=1S/C42H42O20/c43-20-3-7-22(8-4-20)58-41-36(53)34(51)32(49)28(60-41)16-56-30(48)12-1-18-13-24-31(38(62-39(24)27(47)14-18)19-2-11-25(45)26(46)15-19)40(55)57-17-29-33(50)35(52)37(54)42(61-29)59-23-9-5-21(44)6-10-23/h1-15,28-29,31-38,41-47,49-54H,16-17H2/t28-,29-,31+,32-,33-,34+,35+,36-,37-,38-,41-,42-/m1/s1. The molecule has 3 aliphatic rings. The van der Waals surface area contributed by atoms with E-state index in [2.05, 4.69) is 0 Å². The maximum Gasteiger partial charge on any atom is 0.330 e. The summed E-state index contributed by atoms with van der Waals surface area (Å²) in [6.45, 7) is -1.31. The Morgan fingerprint density at radius 1 is 0.581 bits per heavy atom. The van der Waals surface area contributed by atoms with Crippen LogP contribution >= 0.6 is 0 Å². The highest BCUT2D eigenvalue weighted by Gasteiger charge is 2.48. The first-order valence-corrected chi connectivity index (χ1v) is 19.0. The van der Waals surface area contributed by atoms with E-state index in [1.54, 1.807) is 0 Å². The van der Waals surface area contributed by atoms with E-state index in [-0.39, 0.29) is 45.4 Å². The number of aliphatic hydroxyl groups excluding tert-OH is 6. The minimum atomic E-state index is -1.81. The monoisotopic (exact) mass is 866 g/mol. The molecule has 0 radical (unpaired) electrons. The summed E-state index contributed by atoms with van der Waals surface area (Å²) < 4.78 is 39.2. The van der Waals surface area contributed by atoms with Gasteiger partial charge < -0.3 is 89.3 Å². The van der Waals surface area contributed by atoms with Crippen LogP contribution in [0.25, 0.3) is 6.08 Å². The molecule has 4 aromatic carbocycles. The smallest absolute Gasteiger partial charge is 0.330 e. The van der Waals surface area contributed by atoms with Crippen molar-refractivity contribution in [3.8, 4) is 46.0 Å². The fourth-order valence-corrected chi connectivity index (χ4v) is 6.95. The van der Waals surface area contributed by atoms with Crippen LogP contribution in [0, 0.1) is 0 Å². The molecule has 0 aromatic heterocycles. The molecule has 11 N–H and O–H groups in total. The lowest BCUT2D eigenvalue weighted by molar-refractivity contribution is -0.278. The highest BCUT2D eigenvalue weighted by molar-refractivity contribution is 5.88. The van der Waals surface area contributed by atoms with E-state index in [9.17, 15) is 65.8 Å². The van der Waals surface area contributed by atoms with Crippen LogP contribution in [0.1, 0.15) is 28.7 Å². The molecular formula is C42H42O20. The molecule has 0 bridgehead atoms. The number of fused-ring (bicyclic) bond motifs is 1. The summed E-state index contributed by atoms with van der Waals surface area (Å²) in [5, 5.41) is 114. The molecular weight excluding hydrogens is 824 g/mol. The number of hydrogen-bond acceptors (Lipinski definition) is 20. The van der Waals surface area contributed by atoms with Gasteiger partial charge in [0, 0.05) is 11.6 Å². The first-order valence-electron chi connectivity index (χ1n) is 19.0. The van der Waals surface area contributed by atoms with Gasteiger partial charge in [0.2, 0.25) is 12.6 Å². The Morgan fingerprint density at radius 2 is 1.11 bits per heavy atom. The molecule has 2 saturated heterocycles. The lowest BCUT2D eigenvalue weighted by Gasteiger charge is -2.40. The van der Waals surface area contributed by atoms with Gasteiger partial charge in [0.05, 0.1) is 0 Å². The molecule has 3 heterocycles. The molecule has 0 unspecified atom stereocenters. The second kappa shape index (κ2) is 18.3. The number of benzene rings is 4. The van der Waals surface area contributed by atoms with Crippen molar-refractivity contribution in [2.75, 3.05) is 13.2 Å². The highest BCUT2D eigenvalue weighted by atomic mass is 16.7. The average Bonchev–Trinajstić information content (AvgIpc) is 3.65. The number of phenolic OH excluding ortho intramolecular Hbond substituents is 5. The number of phenols is 5. The summed E-state index contributed by atoms with van der Waals surface area (Å²) in [5.74, 6) is -4.92. The molecule has 12 atom stereocenters. The van der Waals surface area contributed by atoms with Crippen molar-refractivity contribution in [2.45, 2.75) is 73.4 Å². The molecule has 0 saturated carbocycles. The lowest BCUT2D eigenvalue weighted by Crippen LogP contribution is -2.60. The van der Waals surface area contributed by atoms with Crippen molar-refractivity contribution < 1.29 is 98.9 Å².